The third-order valence-corrected chi connectivity index (χ3v) is 3.61. The summed E-state index contributed by atoms with van der Waals surface area (Å²) in [6.07, 6.45) is 2.56. The molecule has 1 heterocycles. The van der Waals surface area contributed by atoms with Crippen LogP contribution in [0.4, 0.5) is 0 Å². The van der Waals surface area contributed by atoms with Crippen molar-refractivity contribution >= 4 is 32.9 Å². The standard InChI is InChI=1S/C15H18BrN3O2/c1-19(2)7-3-6-17-9-13-12-8-10(16)4-5-11(12)14(20)18-15(13)21/h4-5,8-9H,3,6-7H2,1-2H3,(H2,18,20,21). The van der Waals surface area contributed by atoms with E-state index in [-0.39, 0.29) is 11.4 Å². The number of hydrogen-bond acceptors (Lipinski definition) is 4. The van der Waals surface area contributed by atoms with E-state index in [1.54, 1.807) is 18.3 Å². The van der Waals surface area contributed by atoms with Gasteiger partial charge < -0.3 is 10.0 Å². The Morgan fingerprint density at radius 2 is 2.14 bits per heavy atom. The van der Waals surface area contributed by atoms with Crippen LogP contribution in [0.15, 0.2) is 32.5 Å². The fourth-order valence-corrected chi connectivity index (χ4v) is 2.43. The summed E-state index contributed by atoms with van der Waals surface area (Å²) in [6.45, 7) is 1.63. The van der Waals surface area contributed by atoms with Gasteiger partial charge in [-0.25, -0.2) is 0 Å². The van der Waals surface area contributed by atoms with Gasteiger partial charge >= 0.3 is 0 Å². The molecule has 112 valence electrons. The van der Waals surface area contributed by atoms with Gasteiger partial charge in [0.15, 0.2) is 0 Å². The number of nitrogens with zero attached hydrogens (tertiary/aromatic N) is 2. The van der Waals surface area contributed by atoms with E-state index in [1.165, 1.54) is 0 Å². The minimum atomic E-state index is -0.306. The molecule has 0 unspecified atom stereocenters. The first kappa shape index (κ1) is 15.7. The van der Waals surface area contributed by atoms with E-state index in [0.29, 0.717) is 22.9 Å². The lowest BCUT2D eigenvalue weighted by Crippen LogP contribution is -2.13. The predicted octanol–water partition coefficient (Wildman–Crippen LogP) is 2.37. The Balaban J connectivity index is 2.32. The van der Waals surface area contributed by atoms with E-state index in [9.17, 15) is 9.90 Å². The van der Waals surface area contributed by atoms with Crippen molar-refractivity contribution in [3.05, 3.63) is 38.6 Å². The highest BCUT2D eigenvalue weighted by molar-refractivity contribution is 9.10. The molecule has 0 radical (unpaired) electrons. The fraction of sp³-hybridized carbons (Fsp3) is 0.333. The Labute approximate surface area is 131 Å². The van der Waals surface area contributed by atoms with Crippen LogP contribution in [0.25, 0.3) is 10.8 Å². The van der Waals surface area contributed by atoms with E-state index in [2.05, 4.69) is 30.8 Å². The Morgan fingerprint density at radius 3 is 2.86 bits per heavy atom. The number of halogens is 1. The zero-order valence-electron chi connectivity index (χ0n) is 12.1. The summed E-state index contributed by atoms with van der Waals surface area (Å²) < 4.78 is 0.849. The Bertz CT molecular complexity index is 723. The van der Waals surface area contributed by atoms with Crippen LogP contribution in [0.2, 0.25) is 0 Å². The van der Waals surface area contributed by atoms with Crippen LogP contribution >= 0.6 is 15.9 Å². The Hall–Kier alpha value is -1.66. The number of nitrogens with one attached hydrogen (secondary N) is 1. The largest absolute Gasteiger partial charge is 0.494 e. The molecule has 1 aromatic carbocycles. The molecule has 5 nitrogen and oxygen atoms in total. The number of aliphatic imine (C=N–C) groups is 1. The van der Waals surface area contributed by atoms with Crippen LogP contribution in [0, 0.1) is 0 Å². The molecule has 0 bridgehead atoms. The molecule has 0 atom stereocenters. The molecule has 0 aliphatic heterocycles. The van der Waals surface area contributed by atoms with Gasteiger partial charge in [-0.2, -0.15) is 0 Å². The molecule has 0 saturated carbocycles. The van der Waals surface area contributed by atoms with Crippen molar-refractivity contribution in [3.8, 4) is 5.88 Å². The highest BCUT2D eigenvalue weighted by Crippen LogP contribution is 2.24. The summed E-state index contributed by atoms with van der Waals surface area (Å²) in [5.74, 6) is -0.151. The third-order valence-electron chi connectivity index (χ3n) is 3.12. The van der Waals surface area contributed by atoms with Gasteiger partial charge in [0.1, 0.15) is 0 Å². The van der Waals surface area contributed by atoms with Crippen molar-refractivity contribution in [2.75, 3.05) is 27.2 Å². The van der Waals surface area contributed by atoms with Crippen LogP contribution in [0.1, 0.15) is 12.0 Å². The number of fused-ring (bicyclic) bond motifs is 1. The maximum absolute atomic E-state index is 11.8. The average molecular weight is 352 g/mol. The van der Waals surface area contributed by atoms with Gasteiger partial charge in [0.25, 0.3) is 5.56 Å². The second kappa shape index (κ2) is 6.87. The quantitative estimate of drug-likeness (QED) is 0.641. The molecule has 21 heavy (non-hydrogen) atoms. The number of rotatable bonds is 5. The molecule has 0 spiro atoms. The van der Waals surface area contributed by atoms with Gasteiger partial charge in [-0.05, 0) is 45.3 Å². The lowest BCUT2D eigenvalue weighted by molar-refractivity contribution is 0.403. The van der Waals surface area contributed by atoms with E-state index < -0.39 is 0 Å². The number of H-pyrrole nitrogens is 1. The molecule has 0 fully saturated rings. The smallest absolute Gasteiger partial charge is 0.258 e. The van der Waals surface area contributed by atoms with Crippen molar-refractivity contribution in [1.29, 1.82) is 0 Å². The van der Waals surface area contributed by atoms with Crippen molar-refractivity contribution < 1.29 is 5.11 Å². The average Bonchev–Trinajstić information content (AvgIpc) is 2.41. The first-order chi connectivity index (χ1) is 9.99. The zero-order valence-corrected chi connectivity index (χ0v) is 13.6. The number of aromatic hydroxyl groups is 1. The highest BCUT2D eigenvalue weighted by atomic mass is 79.9. The second-order valence-electron chi connectivity index (χ2n) is 5.10. The topological polar surface area (TPSA) is 68.7 Å². The third kappa shape index (κ3) is 3.92. The lowest BCUT2D eigenvalue weighted by Gasteiger charge is -2.07. The number of aromatic nitrogens is 1. The summed E-state index contributed by atoms with van der Waals surface area (Å²) in [6, 6.07) is 5.33. The van der Waals surface area contributed by atoms with Crippen molar-refractivity contribution in [2.24, 2.45) is 4.99 Å². The maximum Gasteiger partial charge on any atom is 0.258 e. The molecule has 2 N–H and O–H groups in total. The molecule has 0 saturated heterocycles. The minimum absolute atomic E-state index is 0.151. The molecule has 0 amide bonds. The highest BCUT2D eigenvalue weighted by Gasteiger charge is 2.09. The summed E-state index contributed by atoms with van der Waals surface area (Å²) in [4.78, 5) is 20.7. The molecular weight excluding hydrogens is 334 g/mol. The molecular formula is C15H18BrN3O2. The zero-order chi connectivity index (χ0) is 15.4. The van der Waals surface area contributed by atoms with Crippen molar-refractivity contribution in [2.45, 2.75) is 6.42 Å². The summed E-state index contributed by atoms with van der Waals surface area (Å²) in [5.41, 5.74) is 0.232. The minimum Gasteiger partial charge on any atom is -0.494 e. The van der Waals surface area contributed by atoms with Gasteiger partial charge in [0, 0.05) is 28.0 Å². The fourth-order valence-electron chi connectivity index (χ4n) is 2.07. The summed E-state index contributed by atoms with van der Waals surface area (Å²) in [5, 5.41) is 11.2. The van der Waals surface area contributed by atoms with Gasteiger partial charge in [-0.3, -0.25) is 14.8 Å². The number of benzene rings is 1. The molecule has 2 aromatic rings. The number of hydrogen-bond donors (Lipinski definition) is 2. The van der Waals surface area contributed by atoms with Gasteiger partial charge in [-0.1, -0.05) is 15.9 Å². The Kier molecular flexibility index (Phi) is 5.14. The first-order valence-corrected chi connectivity index (χ1v) is 7.47. The molecule has 2 rings (SSSR count). The molecule has 0 aliphatic rings. The number of aromatic amines is 1. The SMILES string of the molecule is CN(C)CCCN=Cc1c(O)[nH]c(=O)c2ccc(Br)cc12. The molecule has 1 aromatic heterocycles. The predicted molar refractivity (Wildman–Crippen MR) is 89.6 cm³/mol. The van der Waals surface area contributed by atoms with E-state index in [1.807, 2.05) is 20.2 Å². The van der Waals surface area contributed by atoms with Crippen molar-refractivity contribution in [1.82, 2.24) is 9.88 Å². The van der Waals surface area contributed by atoms with Crippen LogP contribution in [0.5, 0.6) is 5.88 Å². The summed E-state index contributed by atoms with van der Waals surface area (Å²) in [7, 11) is 4.03. The number of pyridine rings is 1. The van der Waals surface area contributed by atoms with Crippen LogP contribution in [-0.4, -0.2) is 48.4 Å². The first-order valence-electron chi connectivity index (χ1n) is 6.68. The lowest BCUT2D eigenvalue weighted by atomic mass is 10.1. The van der Waals surface area contributed by atoms with E-state index in [4.69, 9.17) is 0 Å². The van der Waals surface area contributed by atoms with Crippen LogP contribution < -0.4 is 5.56 Å². The maximum atomic E-state index is 11.8. The van der Waals surface area contributed by atoms with Gasteiger partial charge in [0.05, 0.1) is 5.56 Å². The summed E-state index contributed by atoms with van der Waals surface area (Å²) >= 11 is 3.38. The van der Waals surface area contributed by atoms with Gasteiger partial charge in [0.2, 0.25) is 5.88 Å². The molecule has 0 aliphatic carbocycles. The van der Waals surface area contributed by atoms with E-state index in [0.717, 1.165) is 17.4 Å². The Morgan fingerprint density at radius 1 is 1.38 bits per heavy atom. The van der Waals surface area contributed by atoms with E-state index >= 15 is 0 Å². The second-order valence-corrected chi connectivity index (χ2v) is 6.01. The normalized spacial score (nSPS) is 11.8. The van der Waals surface area contributed by atoms with Crippen LogP contribution in [0.3, 0.4) is 0 Å². The monoisotopic (exact) mass is 351 g/mol. The van der Waals surface area contributed by atoms with Crippen LogP contribution in [-0.2, 0) is 0 Å². The molecule has 6 heteroatoms. The van der Waals surface area contributed by atoms with Gasteiger partial charge in [-0.15, -0.1) is 0 Å². The van der Waals surface area contributed by atoms with Crippen molar-refractivity contribution in [3.63, 3.8) is 0 Å².